The van der Waals surface area contributed by atoms with Gasteiger partial charge in [0.2, 0.25) is 0 Å². The van der Waals surface area contributed by atoms with Crippen LogP contribution in [0.15, 0.2) is 11.6 Å². The van der Waals surface area contributed by atoms with E-state index in [0.717, 1.165) is 26.0 Å². The van der Waals surface area contributed by atoms with Crippen molar-refractivity contribution in [1.82, 2.24) is 10.3 Å². The lowest BCUT2D eigenvalue weighted by Gasteiger charge is -2.16. The lowest BCUT2D eigenvalue weighted by molar-refractivity contribution is 0.0659. The first-order valence-electron chi connectivity index (χ1n) is 6.05. The van der Waals surface area contributed by atoms with Gasteiger partial charge in [-0.15, -0.1) is 11.3 Å². The number of nitrogens with one attached hydrogen (secondary N) is 1. The molecule has 5 heteroatoms. The standard InChI is InChI=1S/C12H22N2O2S/c1-3-13-11(4-6-16-8-7-15-2)10-12-14-5-9-17-12/h5,9,11,13H,3-4,6-8,10H2,1-2H3. The quantitative estimate of drug-likeness (QED) is 0.649. The van der Waals surface area contributed by atoms with E-state index < -0.39 is 0 Å². The van der Waals surface area contributed by atoms with E-state index in [0.29, 0.717) is 19.3 Å². The summed E-state index contributed by atoms with van der Waals surface area (Å²) in [6, 6.07) is 0.452. The predicted molar refractivity (Wildman–Crippen MR) is 70.6 cm³/mol. The first kappa shape index (κ1) is 14.6. The number of thiazole rings is 1. The van der Waals surface area contributed by atoms with Gasteiger partial charge in [-0.3, -0.25) is 0 Å². The van der Waals surface area contributed by atoms with Gasteiger partial charge in [0, 0.05) is 37.8 Å². The van der Waals surface area contributed by atoms with E-state index in [1.54, 1.807) is 18.4 Å². The average molecular weight is 258 g/mol. The van der Waals surface area contributed by atoms with Gasteiger partial charge in [0.05, 0.1) is 18.2 Å². The molecule has 98 valence electrons. The Hall–Kier alpha value is -0.490. The third kappa shape index (κ3) is 6.73. The van der Waals surface area contributed by atoms with Crippen molar-refractivity contribution in [3.05, 3.63) is 16.6 Å². The fourth-order valence-electron chi connectivity index (χ4n) is 1.60. The minimum absolute atomic E-state index is 0.452. The molecule has 1 atom stereocenters. The molecular weight excluding hydrogens is 236 g/mol. The summed E-state index contributed by atoms with van der Waals surface area (Å²) < 4.78 is 10.4. The van der Waals surface area contributed by atoms with Crippen LogP contribution >= 0.6 is 11.3 Å². The Morgan fingerprint density at radius 2 is 2.29 bits per heavy atom. The topological polar surface area (TPSA) is 43.4 Å². The van der Waals surface area contributed by atoms with Crippen LogP contribution in [-0.2, 0) is 15.9 Å². The Morgan fingerprint density at radius 1 is 1.41 bits per heavy atom. The number of methoxy groups -OCH3 is 1. The average Bonchev–Trinajstić information content (AvgIpc) is 2.82. The number of rotatable bonds is 10. The minimum atomic E-state index is 0.452. The lowest BCUT2D eigenvalue weighted by atomic mass is 10.1. The maximum atomic E-state index is 5.49. The Balaban J connectivity index is 2.18. The zero-order chi connectivity index (χ0) is 12.3. The molecule has 4 nitrogen and oxygen atoms in total. The van der Waals surface area contributed by atoms with Crippen molar-refractivity contribution in [3.8, 4) is 0 Å². The van der Waals surface area contributed by atoms with Gasteiger partial charge in [-0.25, -0.2) is 4.98 Å². The highest BCUT2D eigenvalue weighted by Gasteiger charge is 2.09. The molecule has 0 amide bonds. The second kappa shape index (κ2) is 9.53. The van der Waals surface area contributed by atoms with E-state index >= 15 is 0 Å². The fraction of sp³-hybridized carbons (Fsp3) is 0.750. The van der Waals surface area contributed by atoms with Crippen LogP contribution in [0.4, 0.5) is 0 Å². The zero-order valence-electron chi connectivity index (χ0n) is 10.6. The van der Waals surface area contributed by atoms with Crippen molar-refractivity contribution in [2.24, 2.45) is 0 Å². The summed E-state index contributed by atoms with van der Waals surface area (Å²) in [5.41, 5.74) is 0. The van der Waals surface area contributed by atoms with Crippen molar-refractivity contribution in [2.45, 2.75) is 25.8 Å². The van der Waals surface area contributed by atoms with Crippen LogP contribution in [0.1, 0.15) is 18.4 Å². The molecule has 1 aromatic rings. The number of aromatic nitrogens is 1. The van der Waals surface area contributed by atoms with Gasteiger partial charge in [0.15, 0.2) is 0 Å². The maximum absolute atomic E-state index is 5.49. The van der Waals surface area contributed by atoms with Gasteiger partial charge < -0.3 is 14.8 Å². The monoisotopic (exact) mass is 258 g/mol. The van der Waals surface area contributed by atoms with E-state index in [1.807, 2.05) is 11.6 Å². The maximum Gasteiger partial charge on any atom is 0.0940 e. The zero-order valence-corrected chi connectivity index (χ0v) is 11.5. The molecule has 0 aromatic carbocycles. The Labute approximate surface area is 107 Å². The summed E-state index contributed by atoms with van der Waals surface area (Å²) in [5, 5.41) is 6.68. The third-order valence-electron chi connectivity index (χ3n) is 2.44. The van der Waals surface area contributed by atoms with Crippen molar-refractivity contribution in [3.63, 3.8) is 0 Å². The molecule has 1 aromatic heterocycles. The summed E-state index contributed by atoms with van der Waals surface area (Å²) in [6.07, 6.45) is 3.86. The molecule has 0 bridgehead atoms. The van der Waals surface area contributed by atoms with E-state index in [4.69, 9.17) is 9.47 Å². The fourth-order valence-corrected chi connectivity index (χ4v) is 2.30. The number of ether oxygens (including phenoxy) is 2. The Kier molecular flexibility index (Phi) is 8.17. The van der Waals surface area contributed by atoms with Crippen LogP contribution in [0.25, 0.3) is 0 Å². The second-order valence-electron chi connectivity index (χ2n) is 3.78. The third-order valence-corrected chi connectivity index (χ3v) is 3.24. The molecule has 1 heterocycles. The molecule has 0 saturated carbocycles. The largest absolute Gasteiger partial charge is 0.382 e. The molecule has 0 aliphatic heterocycles. The molecule has 0 fully saturated rings. The molecule has 0 saturated heterocycles. The number of nitrogens with zero attached hydrogens (tertiary/aromatic N) is 1. The number of hydrogen-bond donors (Lipinski definition) is 1. The minimum Gasteiger partial charge on any atom is -0.382 e. The van der Waals surface area contributed by atoms with E-state index in [2.05, 4.69) is 17.2 Å². The summed E-state index contributed by atoms with van der Waals surface area (Å²) in [4.78, 5) is 4.31. The van der Waals surface area contributed by atoms with Crippen molar-refractivity contribution in [2.75, 3.05) is 33.5 Å². The lowest BCUT2D eigenvalue weighted by Crippen LogP contribution is -2.32. The number of likely N-dealkylation sites (N-methyl/N-ethyl adjacent to an activating group) is 1. The summed E-state index contributed by atoms with van der Waals surface area (Å²) in [6.45, 7) is 5.21. The van der Waals surface area contributed by atoms with E-state index in [-0.39, 0.29) is 0 Å². The van der Waals surface area contributed by atoms with Crippen LogP contribution in [0.3, 0.4) is 0 Å². The molecule has 0 aliphatic rings. The van der Waals surface area contributed by atoms with Crippen molar-refractivity contribution in [1.29, 1.82) is 0 Å². The molecular formula is C12H22N2O2S. The predicted octanol–water partition coefficient (Wildman–Crippen LogP) is 1.72. The van der Waals surface area contributed by atoms with E-state index in [9.17, 15) is 0 Å². The molecule has 1 unspecified atom stereocenters. The second-order valence-corrected chi connectivity index (χ2v) is 4.76. The molecule has 1 N–H and O–H groups in total. The van der Waals surface area contributed by atoms with Crippen LogP contribution < -0.4 is 5.32 Å². The highest BCUT2D eigenvalue weighted by Crippen LogP contribution is 2.09. The Morgan fingerprint density at radius 3 is 2.94 bits per heavy atom. The molecule has 0 aliphatic carbocycles. The summed E-state index contributed by atoms with van der Waals surface area (Å²) in [7, 11) is 1.69. The van der Waals surface area contributed by atoms with Crippen LogP contribution in [0.2, 0.25) is 0 Å². The SMILES string of the molecule is CCNC(CCOCCOC)Cc1nccs1. The van der Waals surface area contributed by atoms with Gasteiger partial charge in [0.1, 0.15) is 0 Å². The smallest absolute Gasteiger partial charge is 0.0940 e. The van der Waals surface area contributed by atoms with Gasteiger partial charge >= 0.3 is 0 Å². The van der Waals surface area contributed by atoms with Gasteiger partial charge in [-0.05, 0) is 13.0 Å². The summed E-state index contributed by atoms with van der Waals surface area (Å²) >= 11 is 1.71. The highest BCUT2D eigenvalue weighted by molar-refractivity contribution is 7.09. The first-order chi connectivity index (χ1) is 8.36. The number of hydrogen-bond acceptors (Lipinski definition) is 5. The molecule has 1 rings (SSSR count). The van der Waals surface area contributed by atoms with Crippen LogP contribution in [-0.4, -0.2) is 44.5 Å². The van der Waals surface area contributed by atoms with Crippen LogP contribution in [0.5, 0.6) is 0 Å². The van der Waals surface area contributed by atoms with Crippen molar-refractivity contribution < 1.29 is 9.47 Å². The summed E-state index contributed by atoms with van der Waals surface area (Å²) in [5.74, 6) is 0. The molecule has 0 spiro atoms. The first-order valence-corrected chi connectivity index (χ1v) is 6.93. The van der Waals surface area contributed by atoms with Crippen molar-refractivity contribution >= 4 is 11.3 Å². The molecule has 0 radical (unpaired) electrons. The van der Waals surface area contributed by atoms with Crippen LogP contribution in [0, 0.1) is 0 Å². The van der Waals surface area contributed by atoms with E-state index in [1.165, 1.54) is 5.01 Å². The Bertz CT molecular complexity index is 267. The van der Waals surface area contributed by atoms with Gasteiger partial charge in [-0.2, -0.15) is 0 Å². The van der Waals surface area contributed by atoms with Gasteiger partial charge in [0.25, 0.3) is 0 Å². The van der Waals surface area contributed by atoms with Gasteiger partial charge in [-0.1, -0.05) is 6.92 Å². The highest BCUT2D eigenvalue weighted by atomic mass is 32.1. The molecule has 17 heavy (non-hydrogen) atoms. The normalized spacial score (nSPS) is 12.8.